The number of aromatic nitrogens is 2. The molecule has 2 N–H and O–H groups in total. The lowest BCUT2D eigenvalue weighted by atomic mass is 9.98. The summed E-state index contributed by atoms with van der Waals surface area (Å²) in [6.07, 6.45) is 5.67. The van der Waals surface area contributed by atoms with Gasteiger partial charge in [-0.1, -0.05) is 0 Å². The minimum atomic E-state index is 0.866. The van der Waals surface area contributed by atoms with Gasteiger partial charge in [-0.3, -0.25) is 4.68 Å². The molecule has 0 atom stereocenters. The molecule has 1 fully saturated rings. The third kappa shape index (κ3) is 3.61. The van der Waals surface area contributed by atoms with E-state index in [-0.39, 0.29) is 0 Å². The van der Waals surface area contributed by atoms with Crippen LogP contribution in [0.25, 0.3) is 0 Å². The number of nitrogens with one attached hydrogen (secondary N) is 2. The molecular formula is C12H22N4. The molecule has 1 aliphatic heterocycles. The fourth-order valence-electron chi connectivity index (χ4n) is 2.20. The van der Waals surface area contributed by atoms with Gasteiger partial charge in [-0.15, -0.1) is 0 Å². The molecule has 1 aromatic rings. The number of aryl methyl sites for hydroxylation is 1. The molecule has 1 aliphatic rings. The first-order valence-corrected chi connectivity index (χ1v) is 6.24. The van der Waals surface area contributed by atoms with Gasteiger partial charge in [0.25, 0.3) is 0 Å². The van der Waals surface area contributed by atoms with Crippen molar-refractivity contribution in [2.24, 2.45) is 13.0 Å². The maximum atomic E-state index is 4.36. The molecular weight excluding hydrogens is 200 g/mol. The van der Waals surface area contributed by atoms with Crippen LogP contribution in [-0.4, -0.2) is 36.0 Å². The number of nitrogens with zero attached hydrogens (tertiary/aromatic N) is 2. The highest BCUT2D eigenvalue weighted by Crippen LogP contribution is 2.09. The third-order valence-electron chi connectivity index (χ3n) is 3.22. The highest BCUT2D eigenvalue weighted by molar-refractivity contribution is 4.98. The second-order valence-electron chi connectivity index (χ2n) is 4.63. The first-order valence-electron chi connectivity index (χ1n) is 6.24. The first-order chi connectivity index (χ1) is 7.84. The van der Waals surface area contributed by atoms with Gasteiger partial charge in [-0.05, 0) is 44.5 Å². The molecule has 16 heavy (non-hydrogen) atoms. The smallest absolute Gasteiger partial charge is 0.0637 e. The Kier molecular flexibility index (Phi) is 4.36. The van der Waals surface area contributed by atoms with Crippen molar-refractivity contribution in [3.63, 3.8) is 0 Å². The minimum Gasteiger partial charge on any atom is -0.317 e. The van der Waals surface area contributed by atoms with Gasteiger partial charge in [-0.25, -0.2) is 0 Å². The molecule has 2 heterocycles. The van der Waals surface area contributed by atoms with Crippen molar-refractivity contribution in [3.8, 4) is 0 Å². The van der Waals surface area contributed by atoms with Crippen LogP contribution in [0.1, 0.15) is 18.5 Å². The number of hydrogen-bond donors (Lipinski definition) is 2. The Balaban J connectivity index is 1.57. The molecule has 0 saturated carbocycles. The Bertz CT molecular complexity index is 302. The van der Waals surface area contributed by atoms with Gasteiger partial charge in [0.15, 0.2) is 0 Å². The number of hydrogen-bond acceptors (Lipinski definition) is 3. The van der Waals surface area contributed by atoms with Gasteiger partial charge >= 0.3 is 0 Å². The Morgan fingerprint density at radius 1 is 1.50 bits per heavy atom. The van der Waals surface area contributed by atoms with E-state index in [1.54, 1.807) is 0 Å². The minimum absolute atomic E-state index is 0.866. The van der Waals surface area contributed by atoms with Crippen LogP contribution >= 0.6 is 0 Å². The summed E-state index contributed by atoms with van der Waals surface area (Å²) in [5.41, 5.74) is 1.18. The van der Waals surface area contributed by atoms with Gasteiger partial charge in [-0.2, -0.15) is 5.10 Å². The second-order valence-corrected chi connectivity index (χ2v) is 4.63. The zero-order valence-electron chi connectivity index (χ0n) is 10.1. The van der Waals surface area contributed by atoms with E-state index in [0.717, 1.165) is 25.4 Å². The maximum Gasteiger partial charge on any atom is 0.0637 e. The van der Waals surface area contributed by atoms with Crippen LogP contribution in [0.3, 0.4) is 0 Å². The molecule has 0 aromatic carbocycles. The fraction of sp³-hybridized carbons (Fsp3) is 0.750. The maximum absolute atomic E-state index is 4.36. The lowest BCUT2D eigenvalue weighted by molar-refractivity contribution is 0.357. The van der Waals surface area contributed by atoms with Crippen molar-refractivity contribution in [3.05, 3.63) is 18.0 Å². The molecule has 0 amide bonds. The summed E-state index contributed by atoms with van der Waals surface area (Å²) in [4.78, 5) is 0. The summed E-state index contributed by atoms with van der Waals surface area (Å²) in [7, 11) is 1.96. The van der Waals surface area contributed by atoms with Gasteiger partial charge < -0.3 is 10.6 Å². The van der Waals surface area contributed by atoms with Crippen molar-refractivity contribution in [2.75, 3.05) is 26.2 Å². The summed E-state index contributed by atoms with van der Waals surface area (Å²) < 4.78 is 1.86. The van der Waals surface area contributed by atoms with Crippen LogP contribution in [0.5, 0.6) is 0 Å². The Morgan fingerprint density at radius 2 is 2.31 bits per heavy atom. The van der Waals surface area contributed by atoms with Crippen LogP contribution in [0.4, 0.5) is 0 Å². The SMILES string of the molecule is Cn1ccc(CCNCC2CCNCC2)n1. The van der Waals surface area contributed by atoms with E-state index in [1.165, 1.54) is 31.6 Å². The zero-order chi connectivity index (χ0) is 11.2. The molecule has 1 aromatic heterocycles. The molecule has 0 unspecified atom stereocenters. The summed E-state index contributed by atoms with van der Waals surface area (Å²) >= 11 is 0. The molecule has 0 spiro atoms. The van der Waals surface area contributed by atoms with Gasteiger partial charge in [0.2, 0.25) is 0 Å². The van der Waals surface area contributed by atoms with E-state index in [0.29, 0.717) is 0 Å². The van der Waals surface area contributed by atoms with Crippen LogP contribution in [0, 0.1) is 5.92 Å². The quantitative estimate of drug-likeness (QED) is 0.715. The van der Waals surface area contributed by atoms with E-state index < -0.39 is 0 Å². The summed E-state index contributed by atoms with van der Waals surface area (Å²) in [6.45, 7) is 4.58. The van der Waals surface area contributed by atoms with E-state index in [9.17, 15) is 0 Å². The average Bonchev–Trinajstić information content (AvgIpc) is 2.72. The molecule has 4 heteroatoms. The second kappa shape index (κ2) is 6.01. The van der Waals surface area contributed by atoms with Crippen molar-refractivity contribution in [2.45, 2.75) is 19.3 Å². The normalized spacial score (nSPS) is 17.8. The highest BCUT2D eigenvalue weighted by Gasteiger charge is 2.11. The fourth-order valence-corrected chi connectivity index (χ4v) is 2.20. The van der Waals surface area contributed by atoms with E-state index in [2.05, 4.69) is 21.8 Å². The standard InChI is InChI=1S/C12H22N4/c1-16-9-5-12(15-16)4-8-14-10-11-2-6-13-7-3-11/h5,9,11,13-14H,2-4,6-8,10H2,1H3. The van der Waals surface area contributed by atoms with E-state index in [4.69, 9.17) is 0 Å². The first kappa shape index (κ1) is 11.6. The van der Waals surface area contributed by atoms with Crippen LogP contribution in [0.2, 0.25) is 0 Å². The molecule has 2 rings (SSSR count). The largest absolute Gasteiger partial charge is 0.317 e. The summed E-state index contributed by atoms with van der Waals surface area (Å²) in [5.74, 6) is 0.866. The van der Waals surface area contributed by atoms with Crippen molar-refractivity contribution >= 4 is 0 Å². The molecule has 90 valence electrons. The predicted molar refractivity (Wildman–Crippen MR) is 65.4 cm³/mol. The van der Waals surface area contributed by atoms with Gasteiger partial charge in [0, 0.05) is 26.2 Å². The predicted octanol–water partition coefficient (Wildman–Crippen LogP) is 0.552. The lowest BCUT2D eigenvalue weighted by Gasteiger charge is -2.22. The highest BCUT2D eigenvalue weighted by atomic mass is 15.2. The van der Waals surface area contributed by atoms with Crippen LogP contribution in [0.15, 0.2) is 12.3 Å². The molecule has 1 saturated heterocycles. The van der Waals surface area contributed by atoms with Crippen LogP contribution in [-0.2, 0) is 13.5 Å². The Hall–Kier alpha value is -0.870. The number of rotatable bonds is 5. The molecule has 4 nitrogen and oxygen atoms in total. The van der Waals surface area contributed by atoms with Crippen LogP contribution < -0.4 is 10.6 Å². The van der Waals surface area contributed by atoms with Gasteiger partial charge in [0.05, 0.1) is 5.69 Å². The monoisotopic (exact) mass is 222 g/mol. The molecule has 0 bridgehead atoms. The lowest BCUT2D eigenvalue weighted by Crippen LogP contribution is -2.34. The van der Waals surface area contributed by atoms with E-state index >= 15 is 0 Å². The third-order valence-corrected chi connectivity index (χ3v) is 3.22. The molecule has 0 radical (unpaired) electrons. The summed E-state index contributed by atoms with van der Waals surface area (Å²) in [5, 5.41) is 11.3. The van der Waals surface area contributed by atoms with Crippen molar-refractivity contribution in [1.82, 2.24) is 20.4 Å². The van der Waals surface area contributed by atoms with E-state index in [1.807, 2.05) is 17.9 Å². The van der Waals surface area contributed by atoms with Crippen molar-refractivity contribution in [1.29, 1.82) is 0 Å². The number of piperidine rings is 1. The Labute approximate surface area is 97.4 Å². The topological polar surface area (TPSA) is 41.9 Å². The van der Waals surface area contributed by atoms with Gasteiger partial charge in [0.1, 0.15) is 0 Å². The zero-order valence-corrected chi connectivity index (χ0v) is 10.1. The Morgan fingerprint density at radius 3 is 3.00 bits per heavy atom. The average molecular weight is 222 g/mol. The molecule has 0 aliphatic carbocycles. The van der Waals surface area contributed by atoms with Crippen molar-refractivity contribution < 1.29 is 0 Å². The summed E-state index contributed by atoms with van der Waals surface area (Å²) in [6, 6.07) is 2.09.